The van der Waals surface area contributed by atoms with E-state index >= 15 is 0 Å². The first kappa shape index (κ1) is 18.6. The largest absolute Gasteiger partial charge is 0.497 e. The number of likely N-dealkylation sites (tertiary alicyclic amines) is 1. The maximum Gasteiger partial charge on any atom is 0.240 e. The van der Waals surface area contributed by atoms with Crippen molar-refractivity contribution in [2.45, 2.75) is 38.3 Å². The van der Waals surface area contributed by atoms with Crippen molar-refractivity contribution in [1.82, 2.24) is 15.0 Å². The molecule has 0 spiro atoms. The molecule has 0 bridgehead atoms. The fraction of sp³-hybridized carbons (Fsp3) is 0.364. The summed E-state index contributed by atoms with van der Waals surface area (Å²) in [5.41, 5.74) is 1.81. The molecule has 5 nitrogen and oxygen atoms in total. The summed E-state index contributed by atoms with van der Waals surface area (Å²) in [6.45, 7) is 1.57. The van der Waals surface area contributed by atoms with Gasteiger partial charge >= 0.3 is 0 Å². The number of benzene rings is 2. The third-order valence-corrected chi connectivity index (χ3v) is 5.25. The van der Waals surface area contributed by atoms with Crippen LogP contribution in [0.4, 0.5) is 4.39 Å². The molecule has 0 aliphatic carbocycles. The van der Waals surface area contributed by atoms with Crippen LogP contribution in [0.1, 0.15) is 48.1 Å². The standard InChI is InChI=1S/C22H24FN3O2/c1-27-18-9-6-8-17(13-18)20-11-4-5-12-26(20)15-22-24-21(25-28-22)14-16-7-2-3-10-19(16)23/h2-3,6-10,13,20H,4-5,11-12,14-15H2,1H3. The minimum absolute atomic E-state index is 0.247. The van der Waals surface area contributed by atoms with Gasteiger partial charge in [-0.3, -0.25) is 4.90 Å². The molecular formula is C22H24FN3O2. The fourth-order valence-electron chi connectivity index (χ4n) is 3.82. The number of halogens is 1. The first-order valence-corrected chi connectivity index (χ1v) is 9.66. The van der Waals surface area contributed by atoms with Crippen molar-refractivity contribution >= 4 is 0 Å². The molecule has 0 radical (unpaired) electrons. The Bertz CT molecular complexity index is 927. The van der Waals surface area contributed by atoms with E-state index in [1.807, 2.05) is 18.2 Å². The minimum Gasteiger partial charge on any atom is -0.497 e. The van der Waals surface area contributed by atoms with Crippen molar-refractivity contribution in [3.05, 3.63) is 77.2 Å². The highest BCUT2D eigenvalue weighted by atomic mass is 19.1. The van der Waals surface area contributed by atoms with E-state index in [-0.39, 0.29) is 5.82 Å². The Labute approximate surface area is 164 Å². The molecule has 1 unspecified atom stereocenters. The molecular weight excluding hydrogens is 357 g/mol. The number of nitrogens with zero attached hydrogens (tertiary/aromatic N) is 3. The zero-order chi connectivity index (χ0) is 19.3. The molecule has 6 heteroatoms. The van der Waals surface area contributed by atoms with Crippen LogP contribution >= 0.6 is 0 Å². The molecule has 28 heavy (non-hydrogen) atoms. The van der Waals surface area contributed by atoms with Crippen LogP contribution in [0.3, 0.4) is 0 Å². The second-order valence-electron chi connectivity index (χ2n) is 7.13. The smallest absolute Gasteiger partial charge is 0.240 e. The average molecular weight is 381 g/mol. The number of piperidine rings is 1. The normalized spacial score (nSPS) is 17.6. The summed E-state index contributed by atoms with van der Waals surface area (Å²) < 4.78 is 24.7. The van der Waals surface area contributed by atoms with Crippen molar-refractivity contribution < 1.29 is 13.7 Å². The quantitative estimate of drug-likeness (QED) is 0.628. The van der Waals surface area contributed by atoms with Gasteiger partial charge < -0.3 is 9.26 Å². The van der Waals surface area contributed by atoms with Crippen LogP contribution in [-0.4, -0.2) is 28.7 Å². The Morgan fingerprint density at radius 3 is 2.93 bits per heavy atom. The third kappa shape index (κ3) is 4.22. The Hall–Kier alpha value is -2.73. The molecule has 2 aromatic carbocycles. The number of rotatable bonds is 6. The molecule has 2 heterocycles. The van der Waals surface area contributed by atoms with Crippen LogP contribution in [-0.2, 0) is 13.0 Å². The number of hydrogen-bond donors (Lipinski definition) is 0. The van der Waals surface area contributed by atoms with Crippen LogP contribution in [0.15, 0.2) is 53.1 Å². The maximum atomic E-state index is 13.9. The first-order valence-electron chi connectivity index (χ1n) is 9.66. The van der Waals surface area contributed by atoms with Gasteiger partial charge in [0, 0.05) is 12.5 Å². The van der Waals surface area contributed by atoms with Crippen molar-refractivity contribution in [3.63, 3.8) is 0 Å². The van der Waals surface area contributed by atoms with E-state index in [2.05, 4.69) is 27.2 Å². The van der Waals surface area contributed by atoms with E-state index < -0.39 is 0 Å². The molecule has 1 aliphatic heterocycles. The monoisotopic (exact) mass is 381 g/mol. The number of methoxy groups -OCH3 is 1. The Morgan fingerprint density at radius 1 is 1.18 bits per heavy atom. The van der Waals surface area contributed by atoms with E-state index in [0.717, 1.165) is 25.1 Å². The van der Waals surface area contributed by atoms with Crippen molar-refractivity contribution in [2.24, 2.45) is 0 Å². The zero-order valence-corrected chi connectivity index (χ0v) is 16.0. The van der Waals surface area contributed by atoms with Gasteiger partial charge in [-0.2, -0.15) is 4.98 Å². The van der Waals surface area contributed by atoms with Gasteiger partial charge in [0.15, 0.2) is 5.82 Å². The molecule has 0 N–H and O–H groups in total. The van der Waals surface area contributed by atoms with Crippen LogP contribution in [0.2, 0.25) is 0 Å². The summed E-state index contributed by atoms with van der Waals surface area (Å²) in [5, 5.41) is 4.04. The van der Waals surface area contributed by atoms with E-state index in [9.17, 15) is 4.39 Å². The molecule has 1 aliphatic rings. The molecule has 146 valence electrons. The lowest BCUT2D eigenvalue weighted by molar-refractivity contribution is 0.123. The van der Waals surface area contributed by atoms with Gasteiger partial charge in [-0.25, -0.2) is 4.39 Å². The van der Waals surface area contributed by atoms with Gasteiger partial charge in [-0.05, 0) is 48.7 Å². The summed E-state index contributed by atoms with van der Waals surface area (Å²) in [6, 6.07) is 15.2. The topological polar surface area (TPSA) is 51.4 Å². The van der Waals surface area contributed by atoms with E-state index in [0.29, 0.717) is 36.3 Å². The molecule has 1 saturated heterocycles. The summed E-state index contributed by atoms with van der Waals surface area (Å²) in [4.78, 5) is 6.87. The predicted octanol–water partition coefficient (Wildman–Crippen LogP) is 4.54. The summed E-state index contributed by atoms with van der Waals surface area (Å²) >= 11 is 0. The molecule has 0 amide bonds. The minimum atomic E-state index is -0.247. The first-order chi connectivity index (χ1) is 13.7. The van der Waals surface area contributed by atoms with Gasteiger partial charge in [-0.15, -0.1) is 0 Å². The third-order valence-electron chi connectivity index (χ3n) is 5.25. The fourth-order valence-corrected chi connectivity index (χ4v) is 3.82. The second-order valence-corrected chi connectivity index (χ2v) is 7.13. The molecule has 0 saturated carbocycles. The van der Waals surface area contributed by atoms with Crippen molar-refractivity contribution in [3.8, 4) is 5.75 Å². The van der Waals surface area contributed by atoms with Crippen molar-refractivity contribution in [1.29, 1.82) is 0 Å². The average Bonchev–Trinajstić information content (AvgIpc) is 3.17. The molecule has 3 aromatic rings. The van der Waals surface area contributed by atoms with Gasteiger partial charge in [0.2, 0.25) is 5.89 Å². The van der Waals surface area contributed by atoms with Crippen LogP contribution in [0.25, 0.3) is 0 Å². The number of hydrogen-bond acceptors (Lipinski definition) is 5. The Morgan fingerprint density at radius 2 is 2.07 bits per heavy atom. The van der Waals surface area contributed by atoms with Gasteiger partial charge in [-0.1, -0.05) is 41.9 Å². The number of aromatic nitrogens is 2. The van der Waals surface area contributed by atoms with E-state index in [1.165, 1.54) is 18.1 Å². The summed E-state index contributed by atoms with van der Waals surface area (Å²) in [7, 11) is 1.69. The Kier molecular flexibility index (Phi) is 5.67. The maximum absolute atomic E-state index is 13.9. The zero-order valence-electron chi connectivity index (χ0n) is 16.0. The summed E-state index contributed by atoms with van der Waals surface area (Å²) in [6.07, 6.45) is 3.76. The highest BCUT2D eigenvalue weighted by Crippen LogP contribution is 2.33. The van der Waals surface area contributed by atoms with Crippen LogP contribution in [0, 0.1) is 5.82 Å². The number of ether oxygens (including phenoxy) is 1. The predicted molar refractivity (Wildman–Crippen MR) is 104 cm³/mol. The molecule has 1 fully saturated rings. The summed E-state index contributed by atoms with van der Waals surface area (Å²) in [5.74, 6) is 1.70. The lowest BCUT2D eigenvalue weighted by Gasteiger charge is -2.35. The van der Waals surface area contributed by atoms with Crippen molar-refractivity contribution in [2.75, 3.05) is 13.7 Å². The molecule has 1 aromatic heterocycles. The van der Waals surface area contributed by atoms with Gasteiger partial charge in [0.1, 0.15) is 11.6 Å². The van der Waals surface area contributed by atoms with E-state index in [1.54, 1.807) is 19.2 Å². The highest BCUT2D eigenvalue weighted by Gasteiger charge is 2.26. The SMILES string of the molecule is COc1cccc(C2CCCCN2Cc2nc(Cc3ccccc3F)no2)c1. The lowest BCUT2D eigenvalue weighted by Crippen LogP contribution is -2.33. The lowest BCUT2D eigenvalue weighted by atomic mass is 9.95. The van der Waals surface area contributed by atoms with E-state index in [4.69, 9.17) is 9.26 Å². The van der Waals surface area contributed by atoms with Crippen LogP contribution in [0.5, 0.6) is 5.75 Å². The molecule has 4 rings (SSSR count). The highest BCUT2D eigenvalue weighted by molar-refractivity contribution is 5.31. The van der Waals surface area contributed by atoms with Gasteiger partial charge in [0.05, 0.1) is 13.7 Å². The Balaban J connectivity index is 1.48. The molecule has 1 atom stereocenters. The van der Waals surface area contributed by atoms with Crippen LogP contribution < -0.4 is 4.74 Å². The van der Waals surface area contributed by atoms with Gasteiger partial charge in [0.25, 0.3) is 0 Å². The second kappa shape index (κ2) is 8.52.